The molecule has 0 aliphatic heterocycles. The van der Waals surface area contributed by atoms with Crippen LogP contribution in [-0.4, -0.2) is 31.5 Å². The van der Waals surface area contributed by atoms with Crippen LogP contribution in [0.3, 0.4) is 0 Å². The van der Waals surface area contributed by atoms with Gasteiger partial charge in [-0.2, -0.15) is 0 Å². The number of hydrogen-bond donors (Lipinski definition) is 2. The van der Waals surface area contributed by atoms with E-state index in [-0.39, 0.29) is 0 Å². The van der Waals surface area contributed by atoms with Gasteiger partial charge in [-0.15, -0.1) is 11.3 Å². The molecule has 0 atom stereocenters. The molecule has 0 aromatic carbocycles. The van der Waals surface area contributed by atoms with Crippen LogP contribution in [0.5, 0.6) is 0 Å². The van der Waals surface area contributed by atoms with Crippen molar-refractivity contribution in [3.63, 3.8) is 0 Å². The molecule has 1 aliphatic rings. The van der Waals surface area contributed by atoms with E-state index in [0.717, 1.165) is 34.2 Å². The highest BCUT2D eigenvalue weighted by Gasteiger charge is 2.26. The molecular formula is C15H20N4O2S2. The molecular weight excluding hydrogens is 332 g/mol. The molecule has 23 heavy (non-hydrogen) atoms. The average Bonchev–Trinajstić information content (AvgIpc) is 3.29. The van der Waals surface area contributed by atoms with Crippen LogP contribution in [0.2, 0.25) is 0 Å². The Morgan fingerprint density at radius 3 is 2.74 bits per heavy atom. The summed E-state index contributed by atoms with van der Waals surface area (Å²) < 4.78 is 27.2. The third-order valence-electron chi connectivity index (χ3n) is 3.62. The van der Waals surface area contributed by atoms with Crippen LogP contribution >= 0.6 is 11.3 Å². The predicted molar refractivity (Wildman–Crippen MR) is 91.5 cm³/mol. The van der Waals surface area contributed by atoms with Crippen molar-refractivity contribution >= 4 is 27.2 Å². The maximum absolute atomic E-state index is 12.3. The summed E-state index contributed by atoms with van der Waals surface area (Å²) in [6, 6.07) is 3.51. The summed E-state index contributed by atoms with van der Waals surface area (Å²) in [5, 5.41) is 3.14. The van der Waals surface area contributed by atoms with E-state index in [4.69, 9.17) is 0 Å². The van der Waals surface area contributed by atoms with Crippen LogP contribution in [-0.2, 0) is 10.0 Å². The lowest BCUT2D eigenvalue weighted by Crippen LogP contribution is -2.29. The number of aromatic nitrogens is 2. The van der Waals surface area contributed by atoms with Gasteiger partial charge in [0.25, 0.3) is 0 Å². The summed E-state index contributed by atoms with van der Waals surface area (Å²) >= 11 is 1.49. The van der Waals surface area contributed by atoms with E-state index in [9.17, 15) is 8.42 Å². The molecule has 8 heteroatoms. The second-order valence-corrected chi connectivity index (χ2v) is 8.87. The Balaban J connectivity index is 1.53. The number of anilines is 1. The van der Waals surface area contributed by atoms with Gasteiger partial charge in [0.15, 0.2) is 0 Å². The molecule has 0 spiro atoms. The summed E-state index contributed by atoms with van der Waals surface area (Å²) in [6.45, 7) is 4.51. The Morgan fingerprint density at radius 1 is 1.30 bits per heavy atom. The zero-order valence-corrected chi connectivity index (χ0v) is 14.8. The minimum atomic E-state index is -3.45. The van der Waals surface area contributed by atoms with Crippen molar-refractivity contribution in [1.82, 2.24) is 14.7 Å². The Hall–Kier alpha value is -1.51. The lowest BCUT2D eigenvalue weighted by Gasteiger charge is -2.08. The van der Waals surface area contributed by atoms with Crippen molar-refractivity contribution in [1.29, 1.82) is 0 Å². The first-order chi connectivity index (χ1) is 11.0. The normalized spacial score (nSPS) is 14.9. The van der Waals surface area contributed by atoms with Gasteiger partial charge >= 0.3 is 0 Å². The van der Waals surface area contributed by atoms with Crippen LogP contribution < -0.4 is 10.0 Å². The highest BCUT2D eigenvalue weighted by molar-refractivity contribution is 7.89. The van der Waals surface area contributed by atoms with Crippen LogP contribution in [0.15, 0.2) is 23.2 Å². The predicted octanol–water partition coefficient (Wildman–Crippen LogP) is 2.42. The average molecular weight is 352 g/mol. The smallest absolute Gasteiger partial charge is 0.241 e. The lowest BCUT2D eigenvalue weighted by molar-refractivity contribution is 0.582. The maximum Gasteiger partial charge on any atom is 0.241 e. The van der Waals surface area contributed by atoms with E-state index in [2.05, 4.69) is 20.0 Å². The van der Waals surface area contributed by atoms with E-state index in [1.54, 1.807) is 18.3 Å². The van der Waals surface area contributed by atoms with E-state index in [0.29, 0.717) is 23.9 Å². The van der Waals surface area contributed by atoms with Crippen molar-refractivity contribution in [3.05, 3.63) is 33.9 Å². The molecule has 1 fully saturated rings. The number of thiophene rings is 1. The molecule has 0 radical (unpaired) electrons. The van der Waals surface area contributed by atoms with Gasteiger partial charge in [-0.3, -0.25) is 0 Å². The summed E-state index contributed by atoms with van der Waals surface area (Å²) in [4.78, 5) is 10.9. The SMILES string of the molecule is Cc1cc(S(=O)(=O)NCCNc2ccnc(C3CC3)n2)c(C)s1. The molecule has 2 N–H and O–H groups in total. The molecule has 1 aliphatic carbocycles. The summed E-state index contributed by atoms with van der Waals surface area (Å²) in [5.41, 5.74) is 0. The Labute approximate surface area is 140 Å². The quantitative estimate of drug-likeness (QED) is 0.748. The third kappa shape index (κ3) is 4.07. The van der Waals surface area contributed by atoms with Gasteiger partial charge in [-0.25, -0.2) is 23.1 Å². The molecule has 0 saturated heterocycles. The van der Waals surface area contributed by atoms with Crippen LogP contribution in [0.25, 0.3) is 0 Å². The van der Waals surface area contributed by atoms with E-state index >= 15 is 0 Å². The van der Waals surface area contributed by atoms with Crippen LogP contribution in [0.1, 0.15) is 34.3 Å². The van der Waals surface area contributed by atoms with Gasteiger partial charge < -0.3 is 5.32 Å². The topological polar surface area (TPSA) is 84.0 Å². The monoisotopic (exact) mass is 352 g/mol. The number of sulfonamides is 1. The Morgan fingerprint density at radius 2 is 2.09 bits per heavy atom. The Kier molecular flexibility index (Phi) is 4.65. The summed E-state index contributed by atoms with van der Waals surface area (Å²) in [5.74, 6) is 2.11. The largest absolute Gasteiger partial charge is 0.369 e. The zero-order chi connectivity index (χ0) is 16.4. The standard InChI is InChI=1S/C15H20N4O2S2/c1-10-9-13(11(2)22-10)23(20,21)18-8-7-16-14-5-6-17-15(19-14)12-3-4-12/h5-6,9,12,18H,3-4,7-8H2,1-2H3,(H,16,17,19). The fourth-order valence-corrected chi connectivity index (χ4v) is 4.92. The van der Waals surface area contributed by atoms with Crippen molar-refractivity contribution in [2.45, 2.75) is 37.5 Å². The van der Waals surface area contributed by atoms with Crippen molar-refractivity contribution in [3.8, 4) is 0 Å². The molecule has 6 nitrogen and oxygen atoms in total. The molecule has 0 bridgehead atoms. The highest BCUT2D eigenvalue weighted by atomic mass is 32.2. The molecule has 2 aromatic heterocycles. The molecule has 0 amide bonds. The van der Waals surface area contributed by atoms with E-state index in [1.165, 1.54) is 11.3 Å². The maximum atomic E-state index is 12.3. The fraction of sp³-hybridized carbons (Fsp3) is 0.467. The first kappa shape index (κ1) is 16.4. The van der Waals surface area contributed by atoms with Gasteiger partial charge in [0.1, 0.15) is 11.6 Å². The van der Waals surface area contributed by atoms with Gasteiger partial charge in [-0.1, -0.05) is 0 Å². The first-order valence-electron chi connectivity index (χ1n) is 7.59. The van der Waals surface area contributed by atoms with Crippen LogP contribution in [0, 0.1) is 13.8 Å². The molecule has 0 unspecified atom stereocenters. The molecule has 1 saturated carbocycles. The van der Waals surface area contributed by atoms with Crippen LogP contribution in [0.4, 0.5) is 5.82 Å². The van der Waals surface area contributed by atoms with Gasteiger partial charge in [0.2, 0.25) is 10.0 Å². The number of aryl methyl sites for hydroxylation is 2. The second-order valence-electron chi connectivity index (χ2n) is 5.68. The molecule has 2 aromatic rings. The number of hydrogen-bond acceptors (Lipinski definition) is 6. The first-order valence-corrected chi connectivity index (χ1v) is 9.89. The number of nitrogens with zero attached hydrogens (tertiary/aromatic N) is 2. The molecule has 124 valence electrons. The second kappa shape index (κ2) is 6.54. The summed E-state index contributed by atoms with van der Waals surface area (Å²) in [7, 11) is -3.45. The van der Waals surface area contributed by atoms with Crippen molar-refractivity contribution in [2.24, 2.45) is 0 Å². The minimum Gasteiger partial charge on any atom is -0.369 e. The van der Waals surface area contributed by atoms with Crippen molar-refractivity contribution in [2.75, 3.05) is 18.4 Å². The van der Waals surface area contributed by atoms with Gasteiger partial charge in [0, 0.05) is 35.0 Å². The van der Waals surface area contributed by atoms with E-state index in [1.807, 2.05) is 13.8 Å². The minimum absolute atomic E-state index is 0.305. The van der Waals surface area contributed by atoms with Crippen molar-refractivity contribution < 1.29 is 8.42 Å². The van der Waals surface area contributed by atoms with Gasteiger partial charge in [0.05, 0.1) is 4.90 Å². The Bertz CT molecular complexity index is 798. The molecule has 2 heterocycles. The molecule has 3 rings (SSSR count). The lowest BCUT2D eigenvalue weighted by atomic mass is 10.4. The zero-order valence-electron chi connectivity index (χ0n) is 13.2. The number of rotatable bonds is 7. The number of nitrogens with one attached hydrogen (secondary N) is 2. The third-order valence-corrected chi connectivity index (χ3v) is 6.31. The van der Waals surface area contributed by atoms with E-state index < -0.39 is 10.0 Å². The fourth-order valence-electron chi connectivity index (χ4n) is 2.34. The summed E-state index contributed by atoms with van der Waals surface area (Å²) in [6.07, 6.45) is 4.05. The highest BCUT2D eigenvalue weighted by Crippen LogP contribution is 2.37. The van der Waals surface area contributed by atoms with Gasteiger partial charge in [-0.05, 0) is 38.8 Å².